The van der Waals surface area contributed by atoms with E-state index in [1.54, 1.807) is 23.0 Å². The Labute approximate surface area is 222 Å². The zero-order chi connectivity index (χ0) is 27.3. The average Bonchev–Trinajstić information content (AvgIpc) is 3.62. The number of aromatic nitrogens is 6. The third-order valence-electron chi connectivity index (χ3n) is 6.57. The van der Waals surface area contributed by atoms with Crippen molar-refractivity contribution in [1.82, 2.24) is 33.9 Å². The highest BCUT2D eigenvalue weighted by atomic mass is 35.5. The fraction of sp³-hybridized carbons (Fsp3) is 0.308. The first-order chi connectivity index (χ1) is 18.1. The molecule has 0 bridgehead atoms. The van der Waals surface area contributed by atoms with E-state index in [0.29, 0.717) is 28.5 Å². The van der Waals surface area contributed by atoms with E-state index in [1.807, 2.05) is 32.2 Å². The van der Waals surface area contributed by atoms with Gasteiger partial charge in [-0.2, -0.15) is 5.10 Å². The van der Waals surface area contributed by atoms with Gasteiger partial charge in [-0.1, -0.05) is 25.4 Å². The molecule has 4 heterocycles. The molecule has 198 valence electrons. The molecule has 5 aromatic rings. The fourth-order valence-electron chi connectivity index (χ4n) is 4.64. The van der Waals surface area contributed by atoms with Gasteiger partial charge in [0.2, 0.25) is 0 Å². The molecule has 4 aromatic heterocycles. The summed E-state index contributed by atoms with van der Waals surface area (Å²) in [5, 5.41) is 7.70. The number of carbonyl (C=O) groups is 1. The molecule has 0 aliphatic heterocycles. The number of fused-ring (bicyclic) bond motifs is 2. The lowest BCUT2D eigenvalue weighted by atomic mass is 10.1. The molecule has 2 N–H and O–H groups in total. The minimum atomic E-state index is -0.468. The first kappa shape index (κ1) is 25.6. The predicted octanol–water partition coefficient (Wildman–Crippen LogP) is 3.36. The van der Waals surface area contributed by atoms with Crippen LogP contribution in [0.4, 0.5) is 0 Å². The van der Waals surface area contributed by atoms with Crippen molar-refractivity contribution in [2.24, 2.45) is 13.0 Å². The van der Waals surface area contributed by atoms with Gasteiger partial charge in [-0.05, 0) is 35.7 Å². The SMILES string of the molecule is CON(C)C(=O)c1c[nH]c(-c2c3c(=O)n(C)c(=O)n(CC(C)C)c3nn2Cc2c[nH]c3ccc(Cl)cc23)c1. The first-order valence-electron chi connectivity index (χ1n) is 12.1. The van der Waals surface area contributed by atoms with Crippen LogP contribution in [0.2, 0.25) is 5.02 Å². The Balaban J connectivity index is 1.78. The molecular weight excluding hydrogens is 510 g/mol. The van der Waals surface area contributed by atoms with Gasteiger partial charge >= 0.3 is 5.69 Å². The zero-order valence-corrected chi connectivity index (χ0v) is 22.5. The van der Waals surface area contributed by atoms with Crippen LogP contribution in [-0.4, -0.2) is 54.0 Å². The molecule has 0 saturated carbocycles. The van der Waals surface area contributed by atoms with E-state index in [2.05, 4.69) is 9.97 Å². The molecule has 0 saturated heterocycles. The van der Waals surface area contributed by atoms with Crippen LogP contribution in [0.5, 0.6) is 0 Å². The minimum absolute atomic E-state index is 0.136. The number of aromatic amines is 2. The van der Waals surface area contributed by atoms with Crippen LogP contribution < -0.4 is 11.2 Å². The molecule has 38 heavy (non-hydrogen) atoms. The maximum Gasteiger partial charge on any atom is 0.332 e. The molecule has 0 radical (unpaired) electrons. The maximum absolute atomic E-state index is 13.5. The second-order valence-corrected chi connectivity index (χ2v) is 10.1. The Morgan fingerprint density at radius 3 is 2.66 bits per heavy atom. The van der Waals surface area contributed by atoms with Crippen LogP contribution in [0.15, 0.2) is 46.2 Å². The van der Waals surface area contributed by atoms with E-state index >= 15 is 0 Å². The quantitative estimate of drug-likeness (QED) is 0.308. The summed E-state index contributed by atoms with van der Waals surface area (Å²) in [7, 11) is 4.37. The van der Waals surface area contributed by atoms with E-state index in [-0.39, 0.29) is 29.4 Å². The summed E-state index contributed by atoms with van der Waals surface area (Å²) < 4.78 is 4.31. The number of amides is 1. The summed E-state index contributed by atoms with van der Waals surface area (Å²) in [6.45, 7) is 4.65. The normalized spacial score (nSPS) is 11.8. The Bertz CT molecular complexity index is 1800. The summed E-state index contributed by atoms with van der Waals surface area (Å²) in [6, 6.07) is 7.22. The molecule has 0 fully saturated rings. The van der Waals surface area contributed by atoms with Gasteiger partial charge in [-0.3, -0.25) is 28.2 Å². The molecule has 0 aliphatic rings. The van der Waals surface area contributed by atoms with Crippen molar-refractivity contribution in [3.63, 3.8) is 0 Å². The number of nitrogens with zero attached hydrogens (tertiary/aromatic N) is 5. The molecule has 1 aromatic carbocycles. The number of hydrogen-bond donors (Lipinski definition) is 2. The van der Waals surface area contributed by atoms with Gasteiger partial charge in [0.15, 0.2) is 5.65 Å². The van der Waals surface area contributed by atoms with Crippen LogP contribution in [0.1, 0.15) is 29.8 Å². The standard InChI is InChI=1S/C26H28ClN7O4/c1-14(2)12-33-23-21(25(36)31(3)26(33)37)22(20-8-15(10-29-20)24(35)32(4)38-5)34(30-23)13-16-11-28-19-7-6-17(27)9-18(16)19/h6-11,14,28-29H,12-13H2,1-5H3. The van der Waals surface area contributed by atoms with Gasteiger partial charge < -0.3 is 9.97 Å². The van der Waals surface area contributed by atoms with E-state index in [0.717, 1.165) is 26.1 Å². The molecule has 11 nitrogen and oxygen atoms in total. The number of nitrogens with one attached hydrogen (secondary N) is 2. The number of hydroxylamine groups is 2. The fourth-order valence-corrected chi connectivity index (χ4v) is 4.81. The van der Waals surface area contributed by atoms with Crippen LogP contribution in [-0.2, 0) is 25.0 Å². The summed E-state index contributed by atoms with van der Waals surface area (Å²) in [6.07, 6.45) is 3.42. The van der Waals surface area contributed by atoms with Crippen molar-refractivity contribution in [3.8, 4) is 11.4 Å². The maximum atomic E-state index is 13.5. The first-order valence-corrected chi connectivity index (χ1v) is 12.4. The van der Waals surface area contributed by atoms with Crippen molar-refractivity contribution >= 4 is 39.4 Å². The van der Waals surface area contributed by atoms with E-state index in [9.17, 15) is 14.4 Å². The highest BCUT2D eigenvalue weighted by Crippen LogP contribution is 2.29. The monoisotopic (exact) mass is 537 g/mol. The number of carbonyl (C=O) groups excluding carboxylic acids is 1. The van der Waals surface area contributed by atoms with E-state index in [4.69, 9.17) is 21.5 Å². The summed E-state index contributed by atoms with van der Waals surface area (Å²) in [5.41, 5.74) is 2.50. The van der Waals surface area contributed by atoms with Gasteiger partial charge in [-0.25, -0.2) is 9.86 Å². The molecule has 0 aliphatic carbocycles. The molecule has 0 atom stereocenters. The predicted molar refractivity (Wildman–Crippen MR) is 145 cm³/mol. The van der Waals surface area contributed by atoms with Crippen molar-refractivity contribution in [3.05, 3.63) is 73.6 Å². The molecule has 0 unspecified atom stereocenters. The lowest BCUT2D eigenvalue weighted by Gasteiger charge is -2.11. The van der Waals surface area contributed by atoms with Crippen molar-refractivity contribution in [2.45, 2.75) is 26.9 Å². The summed E-state index contributed by atoms with van der Waals surface area (Å²) in [5.74, 6) is -0.224. The van der Waals surface area contributed by atoms with Crippen molar-refractivity contribution in [1.29, 1.82) is 0 Å². The minimum Gasteiger partial charge on any atom is -0.361 e. The van der Waals surface area contributed by atoms with Crippen molar-refractivity contribution < 1.29 is 9.63 Å². The second kappa shape index (κ2) is 9.66. The topological polar surface area (TPSA) is 123 Å². The molecule has 1 amide bonds. The van der Waals surface area contributed by atoms with Crippen LogP contribution in [0.25, 0.3) is 33.3 Å². The number of H-pyrrole nitrogens is 2. The lowest BCUT2D eigenvalue weighted by Crippen LogP contribution is -2.38. The third kappa shape index (κ3) is 4.23. The Morgan fingerprint density at radius 1 is 1.18 bits per heavy atom. The van der Waals surface area contributed by atoms with Crippen molar-refractivity contribution in [2.75, 3.05) is 14.2 Å². The zero-order valence-electron chi connectivity index (χ0n) is 21.7. The summed E-state index contributed by atoms with van der Waals surface area (Å²) >= 11 is 6.27. The van der Waals surface area contributed by atoms with Crippen LogP contribution in [0.3, 0.4) is 0 Å². The molecule has 12 heteroatoms. The number of benzene rings is 1. The van der Waals surface area contributed by atoms with E-state index < -0.39 is 11.2 Å². The van der Waals surface area contributed by atoms with Gasteiger partial charge in [0, 0.05) is 49.0 Å². The molecule has 5 rings (SSSR count). The van der Waals surface area contributed by atoms with Gasteiger partial charge in [-0.15, -0.1) is 0 Å². The van der Waals surface area contributed by atoms with Gasteiger partial charge in [0.25, 0.3) is 11.5 Å². The Morgan fingerprint density at radius 2 is 1.95 bits per heavy atom. The second-order valence-electron chi connectivity index (χ2n) is 9.65. The smallest absolute Gasteiger partial charge is 0.332 e. The third-order valence-corrected chi connectivity index (χ3v) is 6.80. The summed E-state index contributed by atoms with van der Waals surface area (Å²) in [4.78, 5) is 50.7. The van der Waals surface area contributed by atoms with Gasteiger partial charge in [0.1, 0.15) is 5.39 Å². The average molecular weight is 538 g/mol. The lowest BCUT2D eigenvalue weighted by molar-refractivity contribution is -0.0756. The Hall–Kier alpha value is -4.09. The van der Waals surface area contributed by atoms with E-state index in [1.165, 1.54) is 25.8 Å². The molecule has 0 spiro atoms. The number of halogens is 1. The highest BCUT2D eigenvalue weighted by Gasteiger charge is 2.25. The largest absolute Gasteiger partial charge is 0.361 e. The Kier molecular flexibility index (Phi) is 6.49. The van der Waals surface area contributed by atoms with Gasteiger partial charge in [0.05, 0.1) is 30.6 Å². The molecular formula is C26H28ClN7O4. The van der Waals surface area contributed by atoms with Crippen LogP contribution >= 0.6 is 11.6 Å². The number of hydrogen-bond acceptors (Lipinski definition) is 5. The highest BCUT2D eigenvalue weighted by molar-refractivity contribution is 6.31. The number of rotatable bonds is 7. The van der Waals surface area contributed by atoms with Crippen LogP contribution in [0, 0.1) is 5.92 Å².